The third-order valence-corrected chi connectivity index (χ3v) is 5.21. The van der Waals surface area contributed by atoms with Crippen molar-refractivity contribution in [1.82, 2.24) is 20.1 Å². The highest BCUT2D eigenvalue weighted by molar-refractivity contribution is 5.94. The second-order valence-electron chi connectivity index (χ2n) is 7.25. The fraction of sp³-hybridized carbons (Fsp3) is 0.217. The Hall–Kier alpha value is -3.74. The molecule has 1 aliphatic heterocycles. The van der Waals surface area contributed by atoms with Crippen LogP contribution >= 0.6 is 0 Å². The average molecular weight is 401 g/mol. The molecule has 152 valence electrons. The van der Waals surface area contributed by atoms with Gasteiger partial charge in [0.25, 0.3) is 0 Å². The quantitative estimate of drug-likeness (QED) is 0.642. The fourth-order valence-corrected chi connectivity index (χ4v) is 3.53. The van der Waals surface area contributed by atoms with Crippen molar-refractivity contribution in [2.75, 3.05) is 18.4 Å². The minimum atomic E-state index is -0.110. The normalized spacial score (nSPS) is 14.7. The van der Waals surface area contributed by atoms with E-state index in [9.17, 15) is 9.59 Å². The van der Waals surface area contributed by atoms with Crippen molar-refractivity contribution in [2.45, 2.75) is 12.8 Å². The van der Waals surface area contributed by atoms with E-state index in [0.717, 1.165) is 16.8 Å². The molecule has 0 bridgehead atoms. The molecule has 1 aliphatic rings. The molecule has 0 unspecified atom stereocenters. The van der Waals surface area contributed by atoms with E-state index in [2.05, 4.69) is 20.5 Å². The van der Waals surface area contributed by atoms with Crippen LogP contribution < -0.4 is 5.32 Å². The molecular weight excluding hydrogens is 378 g/mol. The molecule has 7 nitrogen and oxygen atoms in total. The molecule has 0 aliphatic carbocycles. The lowest BCUT2D eigenvalue weighted by Gasteiger charge is -2.30. The van der Waals surface area contributed by atoms with Crippen LogP contribution in [0.4, 0.5) is 5.69 Å². The fourth-order valence-electron chi connectivity index (χ4n) is 3.53. The smallest absolute Gasteiger partial charge is 0.246 e. The number of nitrogens with one attached hydrogen (secondary N) is 2. The van der Waals surface area contributed by atoms with Crippen LogP contribution in [0.2, 0.25) is 0 Å². The molecule has 1 aromatic heterocycles. The summed E-state index contributed by atoms with van der Waals surface area (Å²) in [6.07, 6.45) is 6.18. The monoisotopic (exact) mass is 401 g/mol. The molecule has 2 heterocycles. The molecule has 1 saturated heterocycles. The first-order chi connectivity index (χ1) is 14.7. The predicted octanol–water partition coefficient (Wildman–Crippen LogP) is 3.36. The number of hydrogen-bond acceptors (Lipinski definition) is 4. The first kappa shape index (κ1) is 19.6. The van der Waals surface area contributed by atoms with Crippen molar-refractivity contribution in [3.8, 4) is 11.4 Å². The van der Waals surface area contributed by atoms with E-state index in [1.165, 1.54) is 6.33 Å². The molecule has 0 spiro atoms. The summed E-state index contributed by atoms with van der Waals surface area (Å²) < 4.78 is 0. The minimum Gasteiger partial charge on any atom is -0.339 e. The van der Waals surface area contributed by atoms with Gasteiger partial charge in [-0.25, -0.2) is 4.98 Å². The van der Waals surface area contributed by atoms with Gasteiger partial charge in [0, 0.05) is 36.3 Å². The van der Waals surface area contributed by atoms with Crippen molar-refractivity contribution in [1.29, 1.82) is 0 Å². The van der Waals surface area contributed by atoms with Gasteiger partial charge in [0.1, 0.15) is 6.33 Å². The zero-order chi connectivity index (χ0) is 20.8. The van der Waals surface area contributed by atoms with Gasteiger partial charge in [-0.15, -0.1) is 0 Å². The van der Waals surface area contributed by atoms with E-state index in [1.807, 2.05) is 60.7 Å². The van der Waals surface area contributed by atoms with Crippen LogP contribution in [-0.4, -0.2) is 45.0 Å². The molecule has 30 heavy (non-hydrogen) atoms. The zero-order valence-electron chi connectivity index (χ0n) is 16.5. The lowest BCUT2D eigenvalue weighted by molar-refractivity contribution is -0.130. The van der Waals surface area contributed by atoms with E-state index in [4.69, 9.17) is 0 Å². The second kappa shape index (κ2) is 9.17. The number of nitrogens with zero attached hydrogens (tertiary/aromatic N) is 3. The summed E-state index contributed by atoms with van der Waals surface area (Å²) in [6.45, 7) is 1.16. The van der Waals surface area contributed by atoms with Gasteiger partial charge in [-0.1, -0.05) is 42.5 Å². The number of benzene rings is 2. The summed E-state index contributed by atoms with van der Waals surface area (Å²) in [5.74, 6) is 0.511. The Kier molecular flexibility index (Phi) is 5.98. The Labute approximate surface area is 174 Å². The van der Waals surface area contributed by atoms with Crippen LogP contribution in [0.3, 0.4) is 0 Å². The maximum Gasteiger partial charge on any atom is 0.246 e. The molecule has 0 radical (unpaired) electrons. The Bertz CT molecular complexity index is 1020. The van der Waals surface area contributed by atoms with Gasteiger partial charge in [0.2, 0.25) is 11.8 Å². The molecule has 2 amide bonds. The lowest BCUT2D eigenvalue weighted by atomic mass is 9.95. The Morgan fingerprint density at radius 2 is 1.87 bits per heavy atom. The third-order valence-electron chi connectivity index (χ3n) is 5.21. The van der Waals surface area contributed by atoms with E-state index in [0.29, 0.717) is 31.8 Å². The van der Waals surface area contributed by atoms with E-state index in [1.54, 1.807) is 11.0 Å². The van der Waals surface area contributed by atoms with Crippen LogP contribution in [0.25, 0.3) is 17.5 Å². The third kappa shape index (κ3) is 4.81. The maximum atomic E-state index is 12.7. The Balaban J connectivity index is 1.30. The summed E-state index contributed by atoms with van der Waals surface area (Å²) in [5.41, 5.74) is 2.57. The van der Waals surface area contributed by atoms with Crippen molar-refractivity contribution in [3.63, 3.8) is 0 Å². The maximum absolute atomic E-state index is 12.7. The number of piperidine rings is 1. The predicted molar refractivity (Wildman–Crippen MR) is 115 cm³/mol. The molecule has 0 atom stereocenters. The number of aromatic nitrogens is 3. The highest BCUT2D eigenvalue weighted by Crippen LogP contribution is 2.22. The zero-order valence-corrected chi connectivity index (χ0v) is 16.5. The molecule has 2 N–H and O–H groups in total. The number of rotatable bonds is 5. The number of anilines is 1. The van der Waals surface area contributed by atoms with Gasteiger partial charge >= 0.3 is 0 Å². The first-order valence-corrected chi connectivity index (χ1v) is 9.98. The number of H-pyrrole nitrogens is 1. The molecule has 7 heteroatoms. The average Bonchev–Trinajstić information content (AvgIpc) is 3.33. The van der Waals surface area contributed by atoms with Gasteiger partial charge in [0.15, 0.2) is 5.82 Å². The minimum absolute atomic E-state index is 0.0162. The summed E-state index contributed by atoms with van der Waals surface area (Å²) in [5, 5.41) is 9.66. The topological polar surface area (TPSA) is 91.0 Å². The number of carbonyl (C=O) groups excluding carboxylic acids is 2. The largest absolute Gasteiger partial charge is 0.339 e. The summed E-state index contributed by atoms with van der Waals surface area (Å²) >= 11 is 0. The summed E-state index contributed by atoms with van der Waals surface area (Å²) in [4.78, 5) is 31.0. The van der Waals surface area contributed by atoms with E-state index >= 15 is 0 Å². The van der Waals surface area contributed by atoms with Gasteiger partial charge in [-0.3, -0.25) is 14.7 Å². The molecule has 2 aromatic carbocycles. The van der Waals surface area contributed by atoms with Gasteiger partial charge < -0.3 is 10.2 Å². The highest BCUT2D eigenvalue weighted by Gasteiger charge is 2.26. The number of likely N-dealkylation sites (tertiary alicyclic amines) is 1. The standard InChI is InChI=1S/C23H23N5O2/c29-21(10-9-17-5-2-1-3-6-17)28-13-11-18(12-14-28)23(30)26-20-8-4-7-19(15-20)22-24-16-25-27-22/h1-10,15-16,18H,11-14H2,(H,26,30)(H,24,25,27)/b10-9+. The second-order valence-corrected chi connectivity index (χ2v) is 7.25. The first-order valence-electron chi connectivity index (χ1n) is 9.98. The van der Waals surface area contributed by atoms with Gasteiger partial charge in [-0.05, 0) is 36.6 Å². The number of aromatic amines is 1. The molecule has 4 rings (SSSR count). The van der Waals surface area contributed by atoms with Gasteiger partial charge in [-0.2, -0.15) is 5.10 Å². The van der Waals surface area contributed by atoms with Crippen molar-refractivity contribution in [2.24, 2.45) is 5.92 Å². The van der Waals surface area contributed by atoms with Crippen molar-refractivity contribution >= 4 is 23.6 Å². The Morgan fingerprint density at radius 1 is 1.07 bits per heavy atom. The van der Waals surface area contributed by atoms with Crippen LogP contribution in [-0.2, 0) is 9.59 Å². The SMILES string of the molecule is O=C(Nc1cccc(-c2ncn[nH]2)c1)C1CCN(C(=O)/C=C/c2ccccc2)CC1. The van der Waals surface area contributed by atoms with Crippen LogP contribution in [0.5, 0.6) is 0 Å². The molecule has 1 fully saturated rings. The molecule has 0 saturated carbocycles. The number of carbonyl (C=O) groups is 2. The van der Waals surface area contributed by atoms with Crippen LogP contribution in [0.15, 0.2) is 67.0 Å². The highest BCUT2D eigenvalue weighted by atomic mass is 16.2. The summed E-state index contributed by atoms with van der Waals surface area (Å²) in [6, 6.07) is 17.2. The lowest BCUT2D eigenvalue weighted by Crippen LogP contribution is -2.40. The number of amides is 2. The van der Waals surface area contributed by atoms with Crippen LogP contribution in [0, 0.1) is 5.92 Å². The van der Waals surface area contributed by atoms with Gasteiger partial charge in [0.05, 0.1) is 0 Å². The van der Waals surface area contributed by atoms with E-state index in [-0.39, 0.29) is 17.7 Å². The molecule has 3 aromatic rings. The Morgan fingerprint density at radius 3 is 2.60 bits per heavy atom. The van der Waals surface area contributed by atoms with Crippen molar-refractivity contribution < 1.29 is 9.59 Å². The van der Waals surface area contributed by atoms with Crippen molar-refractivity contribution in [3.05, 3.63) is 72.6 Å². The summed E-state index contributed by atoms with van der Waals surface area (Å²) in [7, 11) is 0. The van der Waals surface area contributed by atoms with Crippen LogP contribution in [0.1, 0.15) is 18.4 Å². The van der Waals surface area contributed by atoms with E-state index < -0.39 is 0 Å². The number of hydrogen-bond donors (Lipinski definition) is 2. The molecular formula is C23H23N5O2.